The second kappa shape index (κ2) is 8.50. The lowest BCUT2D eigenvalue weighted by Gasteiger charge is -2.43. The molecule has 0 radical (unpaired) electrons. The van der Waals surface area contributed by atoms with E-state index in [0.717, 1.165) is 31.4 Å². The number of carbonyl (C=O) groups is 1. The van der Waals surface area contributed by atoms with E-state index in [2.05, 4.69) is 10.3 Å². The molecule has 1 heterocycles. The Bertz CT molecular complexity index is 816. The first-order chi connectivity index (χ1) is 13.6. The molecule has 2 aliphatic rings. The minimum Gasteiger partial charge on any atom is -0.486 e. The quantitative estimate of drug-likeness (QED) is 0.780. The molecule has 1 amide bonds. The van der Waals surface area contributed by atoms with Crippen molar-refractivity contribution in [2.75, 3.05) is 5.32 Å². The van der Waals surface area contributed by atoms with Crippen LogP contribution in [-0.4, -0.2) is 16.9 Å². The Hall–Kier alpha value is -2.11. The Morgan fingerprint density at radius 1 is 1.21 bits per heavy atom. The van der Waals surface area contributed by atoms with Crippen LogP contribution >= 0.6 is 11.6 Å². The van der Waals surface area contributed by atoms with E-state index < -0.39 is 0 Å². The molecule has 2 bridgehead atoms. The molecule has 2 fully saturated rings. The van der Waals surface area contributed by atoms with Crippen LogP contribution in [0.2, 0.25) is 5.02 Å². The first-order valence-electron chi connectivity index (χ1n) is 9.99. The number of anilines is 1. The lowest BCUT2D eigenvalue weighted by Crippen LogP contribution is -2.48. The fourth-order valence-corrected chi connectivity index (χ4v) is 4.81. The molecule has 1 aromatic carbocycles. The molecular weight excluding hydrogens is 374 g/mol. The smallest absolute Gasteiger partial charge is 0.227 e. The van der Waals surface area contributed by atoms with Gasteiger partial charge in [-0.15, -0.1) is 0 Å². The number of hydrogen-bond donors (Lipinski definition) is 2. The maximum absolute atomic E-state index is 12.8. The van der Waals surface area contributed by atoms with Gasteiger partial charge in [-0.1, -0.05) is 24.1 Å². The number of nitrogens with zero attached hydrogens (tertiary/aromatic N) is 1. The lowest BCUT2D eigenvalue weighted by atomic mass is 9.65. The van der Waals surface area contributed by atoms with Crippen molar-refractivity contribution in [3.05, 3.63) is 53.3 Å². The Labute approximate surface area is 170 Å². The normalized spacial score (nSPS) is 26.5. The van der Waals surface area contributed by atoms with Crippen LogP contribution in [0.3, 0.4) is 0 Å². The van der Waals surface area contributed by atoms with E-state index in [1.165, 1.54) is 6.42 Å². The molecule has 148 valence electrons. The number of nitrogens with two attached hydrogens (primary N) is 1. The van der Waals surface area contributed by atoms with Gasteiger partial charge in [-0.05, 0) is 67.9 Å². The zero-order valence-corrected chi connectivity index (χ0v) is 16.6. The highest BCUT2D eigenvalue weighted by Crippen LogP contribution is 2.42. The fourth-order valence-electron chi connectivity index (χ4n) is 4.58. The van der Waals surface area contributed by atoms with Crippen LogP contribution in [0.15, 0.2) is 42.6 Å². The van der Waals surface area contributed by atoms with Crippen molar-refractivity contribution in [2.24, 2.45) is 23.5 Å². The average molecular weight is 400 g/mol. The molecule has 6 heteroatoms. The Kier molecular flexibility index (Phi) is 5.83. The molecule has 2 aliphatic carbocycles. The van der Waals surface area contributed by atoms with Crippen LogP contribution in [0.5, 0.6) is 5.75 Å². The summed E-state index contributed by atoms with van der Waals surface area (Å²) in [5.74, 6) is 1.64. The first kappa shape index (κ1) is 19.2. The summed E-state index contributed by atoms with van der Waals surface area (Å²) in [5.41, 5.74) is 7.86. The van der Waals surface area contributed by atoms with Crippen LogP contribution < -0.4 is 15.8 Å². The van der Waals surface area contributed by atoms with Crippen molar-refractivity contribution in [1.82, 2.24) is 4.98 Å². The summed E-state index contributed by atoms with van der Waals surface area (Å²) in [7, 11) is 0. The van der Waals surface area contributed by atoms with E-state index in [0.29, 0.717) is 34.9 Å². The summed E-state index contributed by atoms with van der Waals surface area (Å²) < 4.78 is 5.74. The van der Waals surface area contributed by atoms with Crippen LogP contribution in [0, 0.1) is 17.8 Å². The number of rotatable bonds is 5. The van der Waals surface area contributed by atoms with Gasteiger partial charge >= 0.3 is 0 Å². The van der Waals surface area contributed by atoms with Crippen molar-refractivity contribution in [3.63, 3.8) is 0 Å². The maximum Gasteiger partial charge on any atom is 0.227 e. The number of fused-ring (bicyclic) bond motifs is 2. The van der Waals surface area contributed by atoms with Crippen LogP contribution in [0.25, 0.3) is 0 Å². The third kappa shape index (κ3) is 4.31. The SMILES string of the molecule is NC1C2CCCC1CC(C(=O)Nc1ccc(OCc3ccccn3)c(Cl)c1)C2. The van der Waals surface area contributed by atoms with E-state index in [1.807, 2.05) is 24.3 Å². The highest BCUT2D eigenvalue weighted by Gasteiger charge is 2.40. The summed E-state index contributed by atoms with van der Waals surface area (Å²) in [6, 6.07) is 11.3. The van der Waals surface area contributed by atoms with E-state index in [4.69, 9.17) is 22.1 Å². The molecular formula is C22H26ClN3O2. The van der Waals surface area contributed by atoms with Gasteiger partial charge in [-0.25, -0.2) is 0 Å². The second-order valence-electron chi connectivity index (χ2n) is 7.94. The standard InChI is InChI=1S/C22H26ClN3O2/c23-19-12-17(7-8-20(19)28-13-18-6-1-2-9-25-18)26-22(27)16-10-14-4-3-5-15(11-16)21(14)24/h1-2,6-9,12,14-16,21H,3-5,10-11,13,24H2,(H,26,27). The van der Waals surface area contributed by atoms with Gasteiger partial charge in [0.05, 0.1) is 10.7 Å². The number of aromatic nitrogens is 1. The molecule has 2 aromatic rings. The summed E-state index contributed by atoms with van der Waals surface area (Å²) in [6.45, 7) is 0.345. The number of nitrogens with one attached hydrogen (secondary N) is 1. The van der Waals surface area contributed by atoms with E-state index in [-0.39, 0.29) is 17.9 Å². The summed E-state index contributed by atoms with van der Waals surface area (Å²) in [6.07, 6.45) is 7.05. The van der Waals surface area contributed by atoms with Crippen molar-refractivity contribution in [1.29, 1.82) is 0 Å². The predicted molar refractivity (Wildman–Crippen MR) is 110 cm³/mol. The van der Waals surface area contributed by atoms with Gasteiger partial charge < -0.3 is 15.8 Å². The fraction of sp³-hybridized carbons (Fsp3) is 0.455. The molecule has 5 nitrogen and oxygen atoms in total. The van der Waals surface area contributed by atoms with Crippen LogP contribution in [0.1, 0.15) is 37.8 Å². The van der Waals surface area contributed by atoms with E-state index >= 15 is 0 Å². The van der Waals surface area contributed by atoms with Gasteiger partial charge in [0.15, 0.2) is 0 Å². The predicted octanol–water partition coefficient (Wildman–Crippen LogP) is 4.41. The number of pyridine rings is 1. The molecule has 0 saturated heterocycles. The molecule has 4 rings (SSSR count). The monoisotopic (exact) mass is 399 g/mol. The third-order valence-corrected chi connectivity index (χ3v) is 6.38. The number of benzene rings is 1. The van der Waals surface area contributed by atoms with Gasteiger partial charge in [-0.3, -0.25) is 9.78 Å². The molecule has 3 N–H and O–H groups in total. The van der Waals surface area contributed by atoms with E-state index in [1.54, 1.807) is 18.3 Å². The molecule has 0 spiro atoms. The van der Waals surface area contributed by atoms with Crippen molar-refractivity contribution >= 4 is 23.2 Å². The van der Waals surface area contributed by atoms with Crippen LogP contribution in [0.4, 0.5) is 5.69 Å². The summed E-state index contributed by atoms with van der Waals surface area (Å²) in [4.78, 5) is 17.0. The van der Waals surface area contributed by atoms with Gasteiger partial charge in [0.25, 0.3) is 0 Å². The van der Waals surface area contributed by atoms with Crippen molar-refractivity contribution < 1.29 is 9.53 Å². The Morgan fingerprint density at radius 3 is 2.68 bits per heavy atom. The number of halogens is 1. The largest absolute Gasteiger partial charge is 0.486 e. The summed E-state index contributed by atoms with van der Waals surface area (Å²) in [5, 5.41) is 3.49. The van der Waals surface area contributed by atoms with Gasteiger partial charge in [-0.2, -0.15) is 0 Å². The Morgan fingerprint density at radius 2 is 2.00 bits per heavy atom. The van der Waals surface area contributed by atoms with Gasteiger partial charge in [0.1, 0.15) is 12.4 Å². The van der Waals surface area contributed by atoms with Gasteiger partial charge in [0.2, 0.25) is 5.91 Å². The molecule has 2 saturated carbocycles. The zero-order chi connectivity index (χ0) is 19.5. The molecule has 1 aromatic heterocycles. The average Bonchev–Trinajstić information content (AvgIpc) is 2.68. The highest BCUT2D eigenvalue weighted by molar-refractivity contribution is 6.32. The molecule has 2 atom stereocenters. The van der Waals surface area contributed by atoms with Crippen molar-refractivity contribution in [2.45, 2.75) is 44.8 Å². The number of hydrogen-bond acceptors (Lipinski definition) is 4. The second-order valence-corrected chi connectivity index (χ2v) is 8.35. The maximum atomic E-state index is 12.8. The zero-order valence-electron chi connectivity index (χ0n) is 15.8. The molecule has 2 unspecified atom stereocenters. The number of carbonyl (C=O) groups excluding carboxylic acids is 1. The first-order valence-corrected chi connectivity index (χ1v) is 10.4. The molecule has 28 heavy (non-hydrogen) atoms. The Balaban J connectivity index is 1.36. The minimum absolute atomic E-state index is 0.0361. The highest BCUT2D eigenvalue weighted by atomic mass is 35.5. The topological polar surface area (TPSA) is 77.2 Å². The van der Waals surface area contributed by atoms with E-state index in [9.17, 15) is 4.79 Å². The lowest BCUT2D eigenvalue weighted by molar-refractivity contribution is -0.122. The van der Waals surface area contributed by atoms with Gasteiger partial charge in [0, 0.05) is 23.8 Å². The number of ether oxygens (including phenoxy) is 1. The van der Waals surface area contributed by atoms with Crippen LogP contribution in [-0.2, 0) is 11.4 Å². The third-order valence-electron chi connectivity index (χ3n) is 6.08. The molecule has 0 aliphatic heterocycles. The minimum atomic E-state index is 0.0361. The van der Waals surface area contributed by atoms with Crippen molar-refractivity contribution in [3.8, 4) is 5.75 Å². The number of amides is 1. The summed E-state index contributed by atoms with van der Waals surface area (Å²) >= 11 is 6.35.